The molecule has 2 fully saturated rings. The van der Waals surface area contributed by atoms with Crippen LogP contribution in [-0.4, -0.2) is 42.1 Å². The van der Waals surface area contributed by atoms with Gasteiger partial charge in [0.05, 0.1) is 17.5 Å². The summed E-state index contributed by atoms with van der Waals surface area (Å²) in [6.45, 7) is 0.740. The molecule has 0 bridgehead atoms. The fourth-order valence-electron chi connectivity index (χ4n) is 6.26. The van der Waals surface area contributed by atoms with Gasteiger partial charge >= 0.3 is 0 Å². The van der Waals surface area contributed by atoms with Crippen molar-refractivity contribution < 1.29 is 33.4 Å². The molecule has 0 saturated carbocycles. The maximum atomic E-state index is 14.4. The molecule has 3 amide bonds. The van der Waals surface area contributed by atoms with Crippen LogP contribution in [0.15, 0.2) is 60.7 Å². The average molecular weight is 515 g/mol. The zero-order chi connectivity index (χ0) is 26.2. The molecule has 0 radical (unpaired) electrons. The fraction of sp³-hybridized carbons (Fsp3) is 0.250. The highest BCUT2D eigenvalue weighted by Crippen LogP contribution is 2.54. The number of carbonyl (C=O) groups excluding carboxylic acids is 3. The third-order valence-electron chi connectivity index (χ3n) is 7.85. The molecule has 4 aliphatic heterocycles. The molecule has 3 N–H and O–H groups in total. The van der Waals surface area contributed by atoms with Gasteiger partial charge in [0, 0.05) is 23.4 Å². The van der Waals surface area contributed by atoms with Crippen LogP contribution in [0.1, 0.15) is 11.1 Å². The summed E-state index contributed by atoms with van der Waals surface area (Å²) in [5.74, 6) is -3.04. The van der Waals surface area contributed by atoms with Gasteiger partial charge in [-0.25, -0.2) is 9.29 Å². The lowest BCUT2D eigenvalue weighted by molar-refractivity contribution is -0.130. The van der Waals surface area contributed by atoms with Crippen LogP contribution in [0.5, 0.6) is 17.2 Å². The summed E-state index contributed by atoms with van der Waals surface area (Å²) >= 11 is 0. The van der Waals surface area contributed by atoms with Crippen LogP contribution >= 0.6 is 0 Å². The van der Waals surface area contributed by atoms with E-state index in [0.29, 0.717) is 48.1 Å². The Kier molecular flexibility index (Phi) is 4.80. The van der Waals surface area contributed by atoms with Crippen molar-refractivity contribution in [3.05, 3.63) is 77.6 Å². The minimum absolute atomic E-state index is 0.0963. The molecule has 10 heteroatoms. The number of nitrogens with zero attached hydrogens (tertiary/aromatic N) is 1. The van der Waals surface area contributed by atoms with Crippen LogP contribution in [0.3, 0.4) is 0 Å². The topological polar surface area (TPSA) is 117 Å². The lowest BCUT2D eigenvalue weighted by atomic mass is 9.76. The summed E-state index contributed by atoms with van der Waals surface area (Å²) in [6.07, 6.45) is 0.301. The Bertz CT molecular complexity index is 1530. The van der Waals surface area contributed by atoms with Crippen molar-refractivity contribution in [2.24, 2.45) is 11.8 Å². The number of fused-ring (bicyclic) bond motifs is 5. The van der Waals surface area contributed by atoms with E-state index in [1.165, 1.54) is 30.3 Å². The minimum atomic E-state index is -1.63. The Hall–Kier alpha value is -4.44. The van der Waals surface area contributed by atoms with E-state index >= 15 is 0 Å². The van der Waals surface area contributed by atoms with Crippen molar-refractivity contribution in [3.63, 3.8) is 0 Å². The number of amides is 3. The number of phenols is 1. The van der Waals surface area contributed by atoms with Crippen LogP contribution < -0.4 is 25.0 Å². The number of ether oxygens (including phenoxy) is 2. The highest BCUT2D eigenvalue weighted by Gasteiger charge is 2.70. The number of benzene rings is 3. The summed E-state index contributed by atoms with van der Waals surface area (Å²) in [6, 6.07) is 14.7. The summed E-state index contributed by atoms with van der Waals surface area (Å²) in [5, 5.41) is 15.8. The van der Waals surface area contributed by atoms with E-state index in [9.17, 15) is 23.9 Å². The molecule has 7 rings (SSSR count). The Morgan fingerprint density at radius 1 is 0.947 bits per heavy atom. The van der Waals surface area contributed by atoms with Crippen LogP contribution in [0, 0.1) is 17.7 Å². The minimum Gasteiger partial charge on any atom is -0.508 e. The van der Waals surface area contributed by atoms with Crippen LogP contribution in [0.25, 0.3) is 0 Å². The first-order valence-electron chi connectivity index (χ1n) is 12.3. The normalized spacial score (nSPS) is 27.0. The Balaban J connectivity index is 1.35. The zero-order valence-electron chi connectivity index (χ0n) is 19.9. The van der Waals surface area contributed by atoms with Crippen LogP contribution in [0.4, 0.5) is 15.8 Å². The van der Waals surface area contributed by atoms with Gasteiger partial charge in [-0.2, -0.15) is 0 Å². The zero-order valence-corrected chi connectivity index (χ0v) is 19.9. The second-order valence-electron chi connectivity index (χ2n) is 9.92. The Labute approximate surface area is 216 Å². The molecule has 3 aromatic carbocycles. The Morgan fingerprint density at radius 2 is 1.71 bits per heavy atom. The van der Waals surface area contributed by atoms with E-state index in [2.05, 4.69) is 10.6 Å². The maximum Gasteiger partial charge on any atom is 0.250 e. The van der Waals surface area contributed by atoms with Gasteiger partial charge in [0.15, 0.2) is 11.5 Å². The molecule has 2 saturated heterocycles. The molecule has 0 aromatic heterocycles. The van der Waals surface area contributed by atoms with Crippen molar-refractivity contribution in [2.75, 3.05) is 23.4 Å². The number of anilines is 2. The predicted octanol–water partition coefficient (Wildman–Crippen LogP) is 2.47. The molecule has 192 valence electrons. The van der Waals surface area contributed by atoms with E-state index < -0.39 is 47.0 Å². The Morgan fingerprint density at radius 3 is 2.50 bits per heavy atom. The van der Waals surface area contributed by atoms with Crippen LogP contribution in [-0.2, 0) is 26.3 Å². The van der Waals surface area contributed by atoms with Gasteiger partial charge in [0.25, 0.3) is 0 Å². The van der Waals surface area contributed by atoms with Gasteiger partial charge in [-0.3, -0.25) is 19.7 Å². The third-order valence-corrected chi connectivity index (χ3v) is 7.85. The molecule has 38 heavy (non-hydrogen) atoms. The SMILES string of the molecule is O=C1[C@@H]2[C@@H](Cc3ccc(O)cc3)N[C@]3(C(=O)Nc4ccc(F)cc43)[C@H]2C(=O)N1c1ccc2c(c1)OCCO2. The number of halogens is 1. The second kappa shape index (κ2) is 8.03. The van der Waals surface area contributed by atoms with Gasteiger partial charge in [-0.15, -0.1) is 0 Å². The van der Waals surface area contributed by atoms with E-state index in [0.717, 1.165) is 10.5 Å². The van der Waals surface area contributed by atoms with E-state index in [4.69, 9.17) is 9.47 Å². The molecule has 4 aliphatic rings. The van der Waals surface area contributed by atoms with E-state index in [1.54, 1.807) is 30.3 Å². The van der Waals surface area contributed by atoms with Gasteiger partial charge in [0.2, 0.25) is 17.7 Å². The number of hydrogen-bond donors (Lipinski definition) is 3. The van der Waals surface area contributed by atoms with Gasteiger partial charge in [0.1, 0.15) is 30.3 Å². The lowest BCUT2D eigenvalue weighted by Gasteiger charge is -2.30. The molecular weight excluding hydrogens is 493 g/mol. The number of carbonyl (C=O) groups is 3. The summed E-state index contributed by atoms with van der Waals surface area (Å²) in [5.41, 5.74) is 0.183. The molecule has 0 aliphatic carbocycles. The number of imide groups is 1. The van der Waals surface area contributed by atoms with Gasteiger partial charge in [-0.05, 0) is 54.4 Å². The van der Waals surface area contributed by atoms with E-state index in [1.807, 2.05) is 0 Å². The largest absolute Gasteiger partial charge is 0.508 e. The first kappa shape index (κ1) is 22.7. The molecule has 9 nitrogen and oxygen atoms in total. The average Bonchev–Trinajstić information content (AvgIpc) is 3.49. The smallest absolute Gasteiger partial charge is 0.250 e. The second-order valence-corrected chi connectivity index (χ2v) is 9.92. The summed E-state index contributed by atoms with van der Waals surface area (Å²) in [4.78, 5) is 42.8. The van der Waals surface area contributed by atoms with Crippen molar-refractivity contribution in [1.29, 1.82) is 0 Å². The number of nitrogens with one attached hydrogen (secondary N) is 2. The monoisotopic (exact) mass is 515 g/mol. The predicted molar refractivity (Wildman–Crippen MR) is 132 cm³/mol. The molecule has 4 heterocycles. The van der Waals surface area contributed by atoms with Crippen molar-refractivity contribution in [1.82, 2.24) is 5.32 Å². The molecular formula is C28H22FN3O6. The molecule has 4 atom stereocenters. The van der Waals surface area contributed by atoms with Crippen LogP contribution in [0.2, 0.25) is 0 Å². The first-order chi connectivity index (χ1) is 18.4. The quantitative estimate of drug-likeness (QED) is 0.459. The number of aromatic hydroxyl groups is 1. The number of hydrogen-bond acceptors (Lipinski definition) is 7. The molecule has 0 unspecified atom stereocenters. The van der Waals surface area contributed by atoms with Crippen molar-refractivity contribution in [3.8, 4) is 17.2 Å². The standard InChI is InChI=1S/C28H22FN3O6/c29-15-3-7-19-18(12-15)28(27(36)30-19)24-23(20(31-28)11-14-1-5-17(33)6-2-14)25(34)32(26(24)35)16-4-8-21-22(13-16)38-10-9-37-21/h1-8,12-13,20,23-24,31,33H,9-11H2,(H,30,36)/t20-,23-,24-,28+/m1/s1. The fourth-order valence-corrected chi connectivity index (χ4v) is 6.26. The van der Waals surface area contributed by atoms with Gasteiger partial charge in [-0.1, -0.05) is 12.1 Å². The van der Waals surface area contributed by atoms with E-state index in [-0.39, 0.29) is 5.75 Å². The lowest BCUT2D eigenvalue weighted by Crippen LogP contribution is -2.53. The van der Waals surface area contributed by atoms with Crippen molar-refractivity contribution in [2.45, 2.75) is 18.0 Å². The summed E-state index contributed by atoms with van der Waals surface area (Å²) in [7, 11) is 0. The number of rotatable bonds is 3. The third kappa shape index (κ3) is 3.10. The first-order valence-corrected chi connectivity index (χ1v) is 12.3. The highest BCUT2D eigenvalue weighted by molar-refractivity contribution is 6.26. The summed E-state index contributed by atoms with van der Waals surface area (Å²) < 4.78 is 25.7. The molecule has 3 aromatic rings. The van der Waals surface area contributed by atoms with Crippen molar-refractivity contribution >= 4 is 29.1 Å². The van der Waals surface area contributed by atoms with Gasteiger partial charge < -0.3 is 19.9 Å². The molecule has 1 spiro atoms. The highest BCUT2D eigenvalue weighted by atomic mass is 19.1. The number of phenolic OH excluding ortho intramolecular Hbond substituents is 1. The maximum absolute atomic E-state index is 14.4.